The van der Waals surface area contributed by atoms with Crippen molar-refractivity contribution in [2.24, 2.45) is 11.7 Å². The second-order valence-corrected chi connectivity index (χ2v) is 4.79. The Hall–Kier alpha value is -1.71. The summed E-state index contributed by atoms with van der Waals surface area (Å²) in [6.45, 7) is 2.14. The molecule has 0 aliphatic heterocycles. The van der Waals surface area contributed by atoms with Gasteiger partial charge in [-0.2, -0.15) is 0 Å². The second kappa shape index (κ2) is 4.65. The number of anilines is 2. The van der Waals surface area contributed by atoms with Crippen LogP contribution in [0.5, 0.6) is 0 Å². The minimum Gasteiger partial charge on any atom is -0.399 e. The molecule has 0 saturated heterocycles. The van der Waals surface area contributed by atoms with Gasteiger partial charge in [0, 0.05) is 17.4 Å². The highest BCUT2D eigenvalue weighted by molar-refractivity contribution is 5.99. The third-order valence-corrected chi connectivity index (χ3v) is 3.55. The molecule has 1 aromatic carbocycles. The number of rotatable bonds is 4. The van der Waals surface area contributed by atoms with Crippen LogP contribution in [0.4, 0.5) is 11.4 Å². The van der Waals surface area contributed by atoms with Crippen LogP contribution in [0.15, 0.2) is 18.2 Å². The Kier molecular flexibility index (Phi) is 3.22. The van der Waals surface area contributed by atoms with Crippen LogP contribution >= 0.6 is 0 Å². The van der Waals surface area contributed by atoms with Crippen LogP contribution in [0.25, 0.3) is 0 Å². The van der Waals surface area contributed by atoms with Gasteiger partial charge in [0.05, 0.1) is 5.56 Å². The number of nitrogen functional groups attached to an aromatic ring is 1. The summed E-state index contributed by atoms with van der Waals surface area (Å²) in [4.78, 5) is 11.3. The lowest BCUT2D eigenvalue weighted by molar-refractivity contribution is 0.100. The van der Waals surface area contributed by atoms with Crippen LogP contribution in [-0.4, -0.2) is 11.9 Å². The minimum atomic E-state index is -0.444. The molecule has 1 amide bonds. The molecule has 0 heterocycles. The quantitative estimate of drug-likeness (QED) is 0.695. The van der Waals surface area contributed by atoms with Gasteiger partial charge in [-0.1, -0.05) is 6.42 Å². The lowest BCUT2D eigenvalue weighted by atomic mass is 9.80. The van der Waals surface area contributed by atoms with Gasteiger partial charge in [-0.15, -0.1) is 0 Å². The van der Waals surface area contributed by atoms with E-state index >= 15 is 0 Å². The fourth-order valence-electron chi connectivity index (χ4n) is 2.19. The van der Waals surface area contributed by atoms with Gasteiger partial charge >= 0.3 is 0 Å². The Morgan fingerprint density at radius 3 is 2.71 bits per heavy atom. The van der Waals surface area contributed by atoms with Crippen molar-refractivity contribution in [2.75, 3.05) is 11.1 Å². The molecular weight excluding hydrogens is 214 g/mol. The smallest absolute Gasteiger partial charge is 0.250 e. The summed E-state index contributed by atoms with van der Waals surface area (Å²) in [6.07, 6.45) is 3.82. The predicted octanol–water partition coefficient (Wildman–Crippen LogP) is 1.97. The zero-order valence-electron chi connectivity index (χ0n) is 10.1. The highest BCUT2D eigenvalue weighted by Crippen LogP contribution is 2.31. The van der Waals surface area contributed by atoms with Crippen LogP contribution in [-0.2, 0) is 0 Å². The molecule has 1 saturated carbocycles. The number of nitrogens with two attached hydrogens (primary N) is 2. The maximum absolute atomic E-state index is 11.3. The van der Waals surface area contributed by atoms with Gasteiger partial charge in [0.1, 0.15) is 0 Å². The molecule has 0 aromatic heterocycles. The second-order valence-electron chi connectivity index (χ2n) is 4.79. The molecule has 4 nitrogen and oxygen atoms in total. The third-order valence-electron chi connectivity index (χ3n) is 3.55. The first-order valence-corrected chi connectivity index (χ1v) is 6.04. The van der Waals surface area contributed by atoms with Crippen molar-refractivity contribution in [1.29, 1.82) is 0 Å². The number of carbonyl (C=O) groups excluding carboxylic acids is 1. The summed E-state index contributed by atoms with van der Waals surface area (Å²) in [5.74, 6) is 0.258. The SMILES string of the molecule is CC(Nc1ccc(N)cc1C(N)=O)C1CCC1. The molecule has 5 N–H and O–H groups in total. The van der Waals surface area contributed by atoms with Crippen molar-refractivity contribution in [3.05, 3.63) is 23.8 Å². The van der Waals surface area contributed by atoms with Gasteiger partial charge in [-0.05, 0) is 43.9 Å². The van der Waals surface area contributed by atoms with Crippen LogP contribution < -0.4 is 16.8 Å². The van der Waals surface area contributed by atoms with Gasteiger partial charge in [-0.25, -0.2) is 0 Å². The fourth-order valence-corrected chi connectivity index (χ4v) is 2.19. The van der Waals surface area contributed by atoms with Crippen LogP contribution in [0.2, 0.25) is 0 Å². The number of nitrogens with one attached hydrogen (secondary N) is 1. The molecule has 1 aromatic rings. The summed E-state index contributed by atoms with van der Waals surface area (Å²) in [6, 6.07) is 5.59. The first-order valence-electron chi connectivity index (χ1n) is 6.04. The molecule has 2 rings (SSSR count). The molecule has 1 aliphatic rings. The Morgan fingerprint density at radius 2 is 2.18 bits per heavy atom. The fraction of sp³-hybridized carbons (Fsp3) is 0.462. The number of primary amides is 1. The summed E-state index contributed by atoms with van der Waals surface area (Å²) in [5, 5.41) is 3.36. The van der Waals surface area contributed by atoms with E-state index in [0.717, 1.165) is 5.69 Å². The van der Waals surface area contributed by atoms with E-state index in [4.69, 9.17) is 11.5 Å². The minimum absolute atomic E-state index is 0.366. The Morgan fingerprint density at radius 1 is 1.47 bits per heavy atom. The first kappa shape index (κ1) is 11.8. The van der Waals surface area contributed by atoms with Gasteiger partial charge < -0.3 is 16.8 Å². The molecule has 17 heavy (non-hydrogen) atoms. The van der Waals surface area contributed by atoms with E-state index in [-0.39, 0.29) is 0 Å². The molecule has 1 fully saturated rings. The molecule has 0 radical (unpaired) electrons. The van der Waals surface area contributed by atoms with E-state index < -0.39 is 5.91 Å². The van der Waals surface area contributed by atoms with E-state index in [1.807, 2.05) is 6.07 Å². The van der Waals surface area contributed by atoms with Gasteiger partial charge in [0.15, 0.2) is 0 Å². The first-order chi connectivity index (χ1) is 8.08. The number of hydrogen-bond donors (Lipinski definition) is 3. The Bertz CT molecular complexity index is 427. The topological polar surface area (TPSA) is 81.1 Å². The summed E-state index contributed by atoms with van der Waals surface area (Å²) in [7, 11) is 0. The van der Waals surface area contributed by atoms with Crippen LogP contribution in [0.1, 0.15) is 36.5 Å². The van der Waals surface area contributed by atoms with Crippen molar-refractivity contribution < 1.29 is 4.79 Å². The molecule has 1 aliphatic carbocycles. The van der Waals surface area contributed by atoms with Crippen LogP contribution in [0, 0.1) is 5.92 Å². The molecular formula is C13H19N3O. The zero-order chi connectivity index (χ0) is 12.4. The highest BCUT2D eigenvalue weighted by Gasteiger charge is 2.24. The number of benzene rings is 1. The summed E-state index contributed by atoms with van der Waals surface area (Å²) < 4.78 is 0. The van der Waals surface area contributed by atoms with E-state index in [0.29, 0.717) is 23.2 Å². The average molecular weight is 233 g/mol. The molecule has 0 spiro atoms. The predicted molar refractivity (Wildman–Crippen MR) is 69.8 cm³/mol. The van der Waals surface area contributed by atoms with Crippen molar-refractivity contribution in [3.63, 3.8) is 0 Å². The van der Waals surface area contributed by atoms with Crippen molar-refractivity contribution in [1.82, 2.24) is 0 Å². The largest absolute Gasteiger partial charge is 0.399 e. The van der Waals surface area contributed by atoms with E-state index in [1.54, 1.807) is 12.1 Å². The summed E-state index contributed by atoms with van der Waals surface area (Å²) >= 11 is 0. The van der Waals surface area contributed by atoms with Gasteiger partial charge in [0.2, 0.25) is 0 Å². The molecule has 4 heteroatoms. The molecule has 92 valence electrons. The van der Waals surface area contributed by atoms with E-state index in [2.05, 4.69) is 12.2 Å². The standard InChI is InChI=1S/C13H19N3O/c1-8(9-3-2-4-9)16-12-6-5-10(14)7-11(12)13(15)17/h5-9,16H,2-4,14H2,1H3,(H2,15,17). The maximum atomic E-state index is 11.3. The van der Waals surface area contributed by atoms with Crippen molar-refractivity contribution in [3.8, 4) is 0 Å². The third kappa shape index (κ3) is 2.52. The number of amides is 1. The van der Waals surface area contributed by atoms with Crippen molar-refractivity contribution in [2.45, 2.75) is 32.2 Å². The average Bonchev–Trinajstić information content (AvgIpc) is 2.17. The number of carbonyl (C=O) groups is 1. The lowest BCUT2D eigenvalue weighted by Gasteiger charge is -2.32. The highest BCUT2D eigenvalue weighted by atomic mass is 16.1. The molecule has 1 atom stereocenters. The maximum Gasteiger partial charge on any atom is 0.250 e. The van der Waals surface area contributed by atoms with E-state index in [1.165, 1.54) is 19.3 Å². The van der Waals surface area contributed by atoms with Crippen LogP contribution in [0.3, 0.4) is 0 Å². The summed E-state index contributed by atoms with van der Waals surface area (Å²) in [5.41, 5.74) is 12.8. The molecule has 0 bridgehead atoms. The normalized spacial score (nSPS) is 17.2. The van der Waals surface area contributed by atoms with Gasteiger partial charge in [-0.3, -0.25) is 4.79 Å². The Labute approximate surface area is 101 Å². The molecule has 1 unspecified atom stereocenters. The number of hydrogen-bond acceptors (Lipinski definition) is 3. The van der Waals surface area contributed by atoms with Crippen molar-refractivity contribution >= 4 is 17.3 Å². The Balaban J connectivity index is 2.16. The van der Waals surface area contributed by atoms with Gasteiger partial charge in [0.25, 0.3) is 5.91 Å². The van der Waals surface area contributed by atoms with E-state index in [9.17, 15) is 4.79 Å². The lowest BCUT2D eigenvalue weighted by Crippen LogP contribution is -2.31. The monoisotopic (exact) mass is 233 g/mol. The zero-order valence-corrected chi connectivity index (χ0v) is 10.1.